The zero-order chi connectivity index (χ0) is 20.8. The topological polar surface area (TPSA) is 97.0 Å². The molecule has 2 aromatic rings. The number of nitrogens with zero attached hydrogens (tertiary/aromatic N) is 1. The second kappa shape index (κ2) is 9.09. The molecular weight excluding hydrogens is 374 g/mol. The van der Waals surface area contributed by atoms with E-state index in [1.54, 1.807) is 18.2 Å². The van der Waals surface area contributed by atoms with E-state index in [0.29, 0.717) is 17.2 Å². The monoisotopic (exact) mass is 397 g/mol. The summed E-state index contributed by atoms with van der Waals surface area (Å²) in [4.78, 5) is 37.5. The van der Waals surface area contributed by atoms with Crippen LogP contribution >= 0.6 is 0 Å². The molecule has 0 saturated carbocycles. The molecule has 0 unspecified atom stereocenters. The lowest BCUT2D eigenvalue weighted by Gasteiger charge is -2.29. The zero-order valence-corrected chi connectivity index (χ0v) is 16.4. The number of amides is 3. The molecule has 3 rings (SSSR count). The molecule has 0 bridgehead atoms. The summed E-state index contributed by atoms with van der Waals surface area (Å²) in [6, 6.07) is 12.8. The first-order valence-corrected chi connectivity index (χ1v) is 9.23. The molecule has 152 valence electrons. The first-order chi connectivity index (χ1) is 13.9. The first-order valence-electron chi connectivity index (χ1n) is 9.23. The largest absolute Gasteiger partial charge is 0.484 e. The van der Waals surface area contributed by atoms with Crippen LogP contribution in [-0.4, -0.2) is 37.5 Å². The van der Waals surface area contributed by atoms with E-state index in [1.807, 2.05) is 38.1 Å². The number of aryl methyl sites for hydroxylation is 2. The van der Waals surface area contributed by atoms with Crippen LogP contribution in [-0.2, 0) is 14.4 Å². The zero-order valence-electron chi connectivity index (χ0n) is 16.4. The van der Waals surface area contributed by atoms with Gasteiger partial charge in [-0.25, -0.2) is 0 Å². The van der Waals surface area contributed by atoms with Crippen molar-refractivity contribution in [2.24, 2.45) is 0 Å². The van der Waals surface area contributed by atoms with Crippen LogP contribution in [0.25, 0.3) is 0 Å². The third-order valence-corrected chi connectivity index (χ3v) is 4.28. The van der Waals surface area contributed by atoms with E-state index >= 15 is 0 Å². The van der Waals surface area contributed by atoms with Crippen LogP contribution in [0.1, 0.15) is 17.5 Å². The fourth-order valence-electron chi connectivity index (χ4n) is 3.02. The quantitative estimate of drug-likeness (QED) is 0.723. The van der Waals surface area contributed by atoms with Crippen LogP contribution in [0.5, 0.6) is 11.5 Å². The summed E-state index contributed by atoms with van der Waals surface area (Å²) >= 11 is 0. The van der Waals surface area contributed by atoms with Gasteiger partial charge in [-0.15, -0.1) is 0 Å². The van der Waals surface area contributed by atoms with Crippen molar-refractivity contribution < 1.29 is 23.9 Å². The molecule has 1 aliphatic heterocycles. The van der Waals surface area contributed by atoms with E-state index in [4.69, 9.17) is 9.47 Å². The van der Waals surface area contributed by atoms with Crippen molar-refractivity contribution in [2.75, 3.05) is 24.7 Å². The van der Waals surface area contributed by atoms with Crippen LogP contribution in [0, 0.1) is 13.8 Å². The number of para-hydroxylation sites is 2. The van der Waals surface area contributed by atoms with Gasteiger partial charge < -0.3 is 14.4 Å². The molecule has 0 aliphatic carbocycles. The Bertz CT molecular complexity index is 908. The third kappa shape index (κ3) is 5.47. The molecule has 8 heteroatoms. The highest BCUT2D eigenvalue weighted by Gasteiger charge is 2.25. The Morgan fingerprint density at radius 1 is 1.07 bits per heavy atom. The Labute approximate surface area is 168 Å². The number of rotatable bonds is 6. The van der Waals surface area contributed by atoms with Gasteiger partial charge in [-0.1, -0.05) is 18.2 Å². The lowest BCUT2D eigenvalue weighted by molar-refractivity contribution is -0.130. The van der Waals surface area contributed by atoms with Gasteiger partial charge >= 0.3 is 0 Å². The van der Waals surface area contributed by atoms with Crippen LogP contribution < -0.4 is 25.2 Å². The molecular formula is C21H23N3O5. The number of benzene rings is 2. The second-order valence-electron chi connectivity index (χ2n) is 6.76. The van der Waals surface area contributed by atoms with E-state index in [2.05, 4.69) is 10.9 Å². The molecule has 0 radical (unpaired) electrons. The average Bonchev–Trinajstić information content (AvgIpc) is 2.69. The smallest absolute Gasteiger partial charge is 0.276 e. The Balaban J connectivity index is 1.43. The highest BCUT2D eigenvalue weighted by atomic mass is 16.5. The van der Waals surface area contributed by atoms with Crippen molar-refractivity contribution in [2.45, 2.75) is 20.3 Å². The Hall–Kier alpha value is -3.55. The summed E-state index contributed by atoms with van der Waals surface area (Å²) in [7, 11) is 0. The van der Waals surface area contributed by atoms with Crippen molar-refractivity contribution >= 4 is 23.4 Å². The number of hydrogen-bond acceptors (Lipinski definition) is 5. The second-order valence-corrected chi connectivity index (χ2v) is 6.76. The minimum Gasteiger partial charge on any atom is -0.484 e. The molecule has 2 aromatic carbocycles. The molecule has 0 atom stereocenters. The molecule has 8 nitrogen and oxygen atoms in total. The summed E-state index contributed by atoms with van der Waals surface area (Å²) in [6.45, 7) is 3.78. The van der Waals surface area contributed by atoms with Crippen LogP contribution in [0.3, 0.4) is 0 Å². The minimum atomic E-state index is -0.481. The fourth-order valence-corrected chi connectivity index (χ4v) is 3.02. The van der Waals surface area contributed by atoms with Crippen molar-refractivity contribution in [3.05, 3.63) is 53.6 Å². The van der Waals surface area contributed by atoms with Gasteiger partial charge in [-0.3, -0.25) is 25.2 Å². The van der Waals surface area contributed by atoms with Gasteiger partial charge in [0.15, 0.2) is 13.2 Å². The Kier molecular flexibility index (Phi) is 6.33. The fraction of sp³-hybridized carbons (Fsp3) is 0.286. The van der Waals surface area contributed by atoms with Gasteiger partial charge in [0.25, 0.3) is 11.8 Å². The van der Waals surface area contributed by atoms with Gasteiger partial charge in [0.05, 0.1) is 5.69 Å². The summed E-state index contributed by atoms with van der Waals surface area (Å²) in [5, 5.41) is 0. The number of ether oxygens (including phenoxy) is 2. The van der Waals surface area contributed by atoms with Crippen molar-refractivity contribution in [1.82, 2.24) is 10.9 Å². The number of anilines is 1. The van der Waals surface area contributed by atoms with Gasteiger partial charge in [-0.2, -0.15) is 0 Å². The van der Waals surface area contributed by atoms with E-state index in [1.165, 1.54) is 4.90 Å². The predicted octanol–water partition coefficient (Wildman–Crippen LogP) is 1.65. The lowest BCUT2D eigenvalue weighted by atomic mass is 10.1. The summed E-state index contributed by atoms with van der Waals surface area (Å²) in [5.41, 5.74) is 7.34. The predicted molar refractivity (Wildman–Crippen MR) is 107 cm³/mol. The minimum absolute atomic E-state index is 0.0261. The number of hydrogen-bond donors (Lipinski definition) is 2. The molecule has 1 aliphatic rings. The third-order valence-electron chi connectivity index (χ3n) is 4.28. The number of hydrazine groups is 1. The van der Waals surface area contributed by atoms with E-state index in [0.717, 1.165) is 11.1 Å². The van der Waals surface area contributed by atoms with Crippen LogP contribution in [0.2, 0.25) is 0 Å². The maximum atomic E-state index is 12.1. The highest BCUT2D eigenvalue weighted by molar-refractivity contribution is 5.98. The van der Waals surface area contributed by atoms with Crippen LogP contribution in [0.15, 0.2) is 42.5 Å². The Morgan fingerprint density at radius 2 is 1.76 bits per heavy atom. The molecule has 0 spiro atoms. The molecule has 3 amide bonds. The summed E-state index contributed by atoms with van der Waals surface area (Å²) in [5.74, 6) is 0.0760. The maximum Gasteiger partial charge on any atom is 0.276 e. The number of nitrogens with one attached hydrogen (secondary N) is 2. The average molecular weight is 397 g/mol. The van der Waals surface area contributed by atoms with Crippen molar-refractivity contribution in [3.8, 4) is 11.5 Å². The highest BCUT2D eigenvalue weighted by Crippen LogP contribution is 2.31. The molecule has 0 aromatic heterocycles. The van der Waals surface area contributed by atoms with Gasteiger partial charge in [-0.05, 0) is 49.2 Å². The lowest BCUT2D eigenvalue weighted by Crippen LogP contribution is -2.46. The van der Waals surface area contributed by atoms with Crippen molar-refractivity contribution in [3.63, 3.8) is 0 Å². The normalized spacial score (nSPS) is 12.6. The van der Waals surface area contributed by atoms with Crippen molar-refractivity contribution in [1.29, 1.82) is 0 Å². The number of carbonyl (C=O) groups is 3. The molecule has 2 N–H and O–H groups in total. The number of carbonyl (C=O) groups excluding carboxylic acids is 3. The standard InChI is InChI=1S/C21H23N3O5/c1-14-9-15(2)11-16(10-14)28-12-20(26)23-22-19(25)7-8-24-17-5-3-4-6-18(17)29-13-21(24)27/h3-6,9-11H,7-8,12-13H2,1-2H3,(H,22,25)(H,23,26). The number of fused-ring (bicyclic) bond motifs is 1. The summed E-state index contributed by atoms with van der Waals surface area (Å²) < 4.78 is 10.8. The van der Waals surface area contributed by atoms with Gasteiger partial charge in [0, 0.05) is 13.0 Å². The van der Waals surface area contributed by atoms with E-state index in [-0.39, 0.29) is 32.1 Å². The van der Waals surface area contributed by atoms with Crippen LogP contribution in [0.4, 0.5) is 5.69 Å². The molecule has 0 saturated heterocycles. The SMILES string of the molecule is Cc1cc(C)cc(OCC(=O)NNC(=O)CCN2C(=O)COc3ccccc32)c1. The molecule has 0 fully saturated rings. The first kappa shape index (κ1) is 20.2. The maximum absolute atomic E-state index is 12.1. The van der Waals surface area contributed by atoms with E-state index in [9.17, 15) is 14.4 Å². The van der Waals surface area contributed by atoms with E-state index < -0.39 is 11.8 Å². The summed E-state index contributed by atoms with van der Waals surface area (Å²) in [6.07, 6.45) is 0.0261. The Morgan fingerprint density at radius 3 is 2.52 bits per heavy atom. The molecule has 1 heterocycles. The van der Waals surface area contributed by atoms with Gasteiger partial charge in [0.1, 0.15) is 11.5 Å². The van der Waals surface area contributed by atoms with Gasteiger partial charge in [0.2, 0.25) is 5.91 Å². The molecule has 29 heavy (non-hydrogen) atoms.